The zero-order valence-electron chi connectivity index (χ0n) is 9.58. The van der Waals surface area contributed by atoms with E-state index >= 15 is 0 Å². The van der Waals surface area contributed by atoms with E-state index < -0.39 is 17.6 Å². The molecule has 1 unspecified atom stereocenters. The highest BCUT2D eigenvalue weighted by atomic mass is 16.7. The first-order chi connectivity index (χ1) is 7.31. The highest BCUT2D eigenvalue weighted by Gasteiger charge is 2.26. The predicted molar refractivity (Wildman–Crippen MR) is 56.4 cm³/mol. The topological polar surface area (TPSA) is 87.1 Å². The van der Waals surface area contributed by atoms with E-state index in [4.69, 9.17) is 15.1 Å². The van der Waals surface area contributed by atoms with Crippen LogP contribution in [0.15, 0.2) is 12.2 Å². The number of hydroxylamine groups is 2. The van der Waals surface area contributed by atoms with E-state index in [1.165, 1.54) is 12.2 Å². The molecule has 0 radical (unpaired) electrons. The van der Waals surface area contributed by atoms with Gasteiger partial charge in [-0.25, -0.2) is 9.86 Å². The third-order valence-corrected chi connectivity index (χ3v) is 1.43. The molecule has 92 valence electrons. The molecule has 0 aliphatic rings. The van der Waals surface area contributed by atoms with Crippen molar-refractivity contribution in [3.8, 4) is 0 Å². The maximum absolute atomic E-state index is 10.9. The van der Waals surface area contributed by atoms with Crippen LogP contribution in [0.3, 0.4) is 0 Å². The molecule has 0 aliphatic heterocycles. The number of carbonyl (C=O) groups is 2. The molecular formula is C10H17NO5. The molecule has 0 bridgehead atoms. The van der Waals surface area contributed by atoms with Gasteiger partial charge in [0, 0.05) is 0 Å². The number of nitrogens with zero attached hydrogens (tertiary/aromatic N) is 1. The van der Waals surface area contributed by atoms with Crippen molar-refractivity contribution in [1.29, 1.82) is 0 Å². The van der Waals surface area contributed by atoms with Gasteiger partial charge < -0.3 is 10.2 Å². The average Bonchev–Trinajstić information content (AvgIpc) is 2.14. The standard InChI is InChI=1S/C10H17NO5/c1-10(2,3)16-11(7-13)8(9(14)15)5-4-6-12/h4-5,7-8,12H,6H2,1-3H3,(H,14,15). The summed E-state index contributed by atoms with van der Waals surface area (Å²) in [5, 5.41) is 18.1. The molecule has 0 saturated carbocycles. The van der Waals surface area contributed by atoms with Crippen molar-refractivity contribution in [3.63, 3.8) is 0 Å². The van der Waals surface area contributed by atoms with E-state index in [9.17, 15) is 9.59 Å². The third kappa shape index (κ3) is 5.47. The minimum absolute atomic E-state index is 0.297. The Morgan fingerprint density at radius 3 is 2.38 bits per heavy atom. The van der Waals surface area contributed by atoms with Gasteiger partial charge in [-0.05, 0) is 20.8 Å². The lowest BCUT2D eigenvalue weighted by atomic mass is 10.2. The van der Waals surface area contributed by atoms with Gasteiger partial charge in [0.15, 0.2) is 6.04 Å². The summed E-state index contributed by atoms with van der Waals surface area (Å²) in [4.78, 5) is 26.8. The quantitative estimate of drug-likeness (QED) is 0.387. The molecule has 6 nitrogen and oxygen atoms in total. The van der Waals surface area contributed by atoms with Crippen LogP contribution in [0.1, 0.15) is 20.8 Å². The summed E-state index contributed by atoms with van der Waals surface area (Å²) in [7, 11) is 0. The Balaban J connectivity index is 4.78. The molecule has 0 aromatic rings. The van der Waals surface area contributed by atoms with E-state index in [2.05, 4.69) is 0 Å². The van der Waals surface area contributed by atoms with E-state index in [0.29, 0.717) is 11.5 Å². The van der Waals surface area contributed by atoms with Gasteiger partial charge in [0.1, 0.15) is 0 Å². The van der Waals surface area contributed by atoms with E-state index in [1.54, 1.807) is 20.8 Å². The van der Waals surface area contributed by atoms with Crippen molar-refractivity contribution in [2.45, 2.75) is 32.4 Å². The van der Waals surface area contributed by atoms with Gasteiger partial charge in [0.05, 0.1) is 12.2 Å². The molecule has 0 saturated heterocycles. The van der Waals surface area contributed by atoms with Crippen molar-refractivity contribution in [1.82, 2.24) is 5.06 Å². The highest BCUT2D eigenvalue weighted by molar-refractivity contribution is 5.78. The van der Waals surface area contributed by atoms with Crippen LogP contribution in [0.25, 0.3) is 0 Å². The number of aliphatic hydroxyl groups is 1. The van der Waals surface area contributed by atoms with Crippen LogP contribution in [0, 0.1) is 0 Å². The largest absolute Gasteiger partial charge is 0.479 e. The Kier molecular flexibility index (Phi) is 5.69. The van der Waals surface area contributed by atoms with Crippen molar-refractivity contribution >= 4 is 12.4 Å². The van der Waals surface area contributed by atoms with Gasteiger partial charge in [0.25, 0.3) is 0 Å². The number of carboxylic acids is 1. The zero-order chi connectivity index (χ0) is 12.8. The monoisotopic (exact) mass is 231 g/mol. The van der Waals surface area contributed by atoms with E-state index in [0.717, 1.165) is 0 Å². The predicted octanol–water partition coefficient (Wildman–Crippen LogP) is 0.177. The second-order valence-corrected chi connectivity index (χ2v) is 4.06. The van der Waals surface area contributed by atoms with Crippen LogP contribution >= 0.6 is 0 Å². The molecular weight excluding hydrogens is 214 g/mol. The minimum atomic E-state index is -1.25. The maximum Gasteiger partial charge on any atom is 0.333 e. The lowest BCUT2D eigenvalue weighted by molar-refractivity contribution is -0.228. The number of carboxylic acid groups (broad SMARTS) is 1. The summed E-state index contributed by atoms with van der Waals surface area (Å²) in [5.41, 5.74) is -0.679. The van der Waals surface area contributed by atoms with E-state index in [-0.39, 0.29) is 6.61 Å². The van der Waals surface area contributed by atoms with Crippen molar-refractivity contribution < 1.29 is 24.6 Å². The fourth-order valence-electron chi connectivity index (χ4n) is 0.926. The zero-order valence-corrected chi connectivity index (χ0v) is 9.58. The van der Waals surface area contributed by atoms with Crippen molar-refractivity contribution in [2.24, 2.45) is 0 Å². The van der Waals surface area contributed by atoms with Crippen molar-refractivity contribution in [3.05, 3.63) is 12.2 Å². The number of aliphatic carboxylic acids is 1. The SMILES string of the molecule is CC(C)(C)ON(C=O)C(C=CCO)C(=O)O. The molecule has 0 aromatic heterocycles. The average molecular weight is 231 g/mol. The second-order valence-electron chi connectivity index (χ2n) is 4.06. The lowest BCUT2D eigenvalue weighted by Crippen LogP contribution is -2.43. The maximum atomic E-state index is 10.9. The Labute approximate surface area is 94.1 Å². The summed E-state index contributed by atoms with van der Waals surface area (Å²) >= 11 is 0. The van der Waals surface area contributed by atoms with Gasteiger partial charge in [-0.3, -0.25) is 9.63 Å². The van der Waals surface area contributed by atoms with Gasteiger partial charge in [-0.15, -0.1) is 0 Å². The van der Waals surface area contributed by atoms with E-state index in [1.807, 2.05) is 0 Å². The Bertz CT molecular complexity index is 269. The normalized spacial score (nSPS) is 13.8. The highest BCUT2D eigenvalue weighted by Crippen LogP contribution is 2.12. The minimum Gasteiger partial charge on any atom is -0.479 e. The molecule has 0 aliphatic carbocycles. The first-order valence-corrected chi connectivity index (χ1v) is 4.75. The molecule has 0 rings (SSSR count). The van der Waals surface area contributed by atoms with Crippen LogP contribution in [0.5, 0.6) is 0 Å². The fraction of sp³-hybridized carbons (Fsp3) is 0.600. The third-order valence-electron chi connectivity index (χ3n) is 1.43. The first kappa shape index (κ1) is 14.6. The van der Waals surface area contributed by atoms with Crippen molar-refractivity contribution in [2.75, 3.05) is 6.61 Å². The number of aliphatic hydroxyl groups excluding tert-OH is 1. The van der Waals surface area contributed by atoms with Crippen LogP contribution in [0.2, 0.25) is 0 Å². The molecule has 2 N–H and O–H groups in total. The summed E-state index contributed by atoms with van der Waals surface area (Å²) < 4.78 is 0. The Morgan fingerprint density at radius 2 is 2.06 bits per heavy atom. The molecule has 16 heavy (non-hydrogen) atoms. The van der Waals surface area contributed by atoms with Crippen LogP contribution < -0.4 is 0 Å². The van der Waals surface area contributed by atoms with Crippen LogP contribution in [-0.4, -0.2) is 45.9 Å². The molecule has 0 aromatic carbocycles. The molecule has 1 amide bonds. The van der Waals surface area contributed by atoms with Gasteiger partial charge in [-0.2, -0.15) is 0 Å². The smallest absolute Gasteiger partial charge is 0.333 e. The number of hydrogen-bond donors (Lipinski definition) is 2. The summed E-state index contributed by atoms with van der Waals surface area (Å²) in [6.45, 7) is 4.78. The summed E-state index contributed by atoms with van der Waals surface area (Å²) in [5.74, 6) is -1.24. The molecule has 0 heterocycles. The lowest BCUT2D eigenvalue weighted by Gasteiger charge is -2.29. The fourth-order valence-corrected chi connectivity index (χ4v) is 0.926. The van der Waals surface area contributed by atoms with Crippen LogP contribution in [0.4, 0.5) is 0 Å². The number of rotatable bonds is 6. The van der Waals surface area contributed by atoms with Gasteiger partial charge in [0.2, 0.25) is 6.41 Å². The van der Waals surface area contributed by atoms with Gasteiger partial charge in [-0.1, -0.05) is 12.2 Å². The number of amides is 1. The molecule has 1 atom stereocenters. The van der Waals surface area contributed by atoms with Crippen LogP contribution in [-0.2, 0) is 14.4 Å². The molecule has 0 spiro atoms. The number of hydrogen-bond acceptors (Lipinski definition) is 4. The first-order valence-electron chi connectivity index (χ1n) is 4.75. The Morgan fingerprint density at radius 1 is 1.50 bits per heavy atom. The Hall–Kier alpha value is -1.40. The number of carbonyl (C=O) groups excluding carboxylic acids is 1. The summed E-state index contributed by atoms with van der Waals surface area (Å²) in [6.07, 6.45) is 2.72. The molecule has 6 heteroatoms. The van der Waals surface area contributed by atoms with Gasteiger partial charge >= 0.3 is 5.97 Å². The molecule has 0 fully saturated rings. The second kappa shape index (κ2) is 6.24. The summed E-state index contributed by atoms with van der Waals surface area (Å²) in [6, 6.07) is -1.25.